The van der Waals surface area contributed by atoms with Crippen molar-refractivity contribution in [3.05, 3.63) is 54.6 Å². The molecule has 0 heterocycles. The van der Waals surface area contributed by atoms with Crippen LogP contribution in [0.3, 0.4) is 0 Å². The van der Waals surface area contributed by atoms with Crippen molar-refractivity contribution in [2.24, 2.45) is 0 Å². The molecule has 78 valence electrons. The summed E-state index contributed by atoms with van der Waals surface area (Å²) in [7, 11) is 0. The zero-order valence-electron chi connectivity index (χ0n) is 8.51. The number of ether oxygens (including phenoxy) is 1. The molecular formula is C13H13NaO2. The van der Waals surface area contributed by atoms with Gasteiger partial charge in [0.1, 0.15) is 11.5 Å². The summed E-state index contributed by atoms with van der Waals surface area (Å²) in [5, 5.41) is 10.8. The summed E-state index contributed by atoms with van der Waals surface area (Å²) in [5.41, 5.74) is 0. The van der Waals surface area contributed by atoms with E-state index < -0.39 is 0 Å². The van der Waals surface area contributed by atoms with E-state index in [1.165, 1.54) is 12.1 Å². The first-order chi connectivity index (χ1) is 6.84. The summed E-state index contributed by atoms with van der Waals surface area (Å²) < 4.78 is 5.49. The second-order valence-corrected chi connectivity index (χ2v) is 2.89. The van der Waals surface area contributed by atoms with Gasteiger partial charge in [0.15, 0.2) is 0 Å². The van der Waals surface area contributed by atoms with Crippen LogP contribution < -0.4 is 39.4 Å². The topological polar surface area (TPSA) is 32.3 Å². The Labute approximate surface area is 118 Å². The Morgan fingerprint density at radius 1 is 0.750 bits per heavy atom. The smallest absolute Gasteiger partial charge is 0.872 e. The van der Waals surface area contributed by atoms with Crippen LogP contribution in [0.25, 0.3) is 0 Å². The van der Waals surface area contributed by atoms with Crippen LogP contribution in [0.1, 0.15) is 7.43 Å². The maximum absolute atomic E-state index is 10.8. The number of rotatable bonds is 2. The van der Waals surface area contributed by atoms with Crippen molar-refractivity contribution in [2.45, 2.75) is 7.43 Å². The van der Waals surface area contributed by atoms with Crippen LogP contribution in [0.2, 0.25) is 0 Å². The maximum atomic E-state index is 10.8. The number of hydrogen-bond acceptors (Lipinski definition) is 2. The van der Waals surface area contributed by atoms with Crippen molar-refractivity contribution in [1.82, 2.24) is 0 Å². The molecule has 2 aromatic rings. The van der Waals surface area contributed by atoms with E-state index in [1.807, 2.05) is 30.3 Å². The third kappa shape index (κ3) is 4.27. The minimum absolute atomic E-state index is 0. The third-order valence-corrected chi connectivity index (χ3v) is 1.80. The maximum Gasteiger partial charge on any atom is 1.00 e. The normalized spacial score (nSPS) is 8.50. The molecule has 0 fully saturated rings. The molecule has 3 heteroatoms. The first-order valence-electron chi connectivity index (χ1n) is 4.34. The molecule has 0 saturated heterocycles. The Balaban J connectivity index is 0.00000112. The van der Waals surface area contributed by atoms with Crippen LogP contribution in [0.4, 0.5) is 0 Å². The fourth-order valence-electron chi connectivity index (χ4n) is 1.13. The molecule has 2 nitrogen and oxygen atoms in total. The molecular weight excluding hydrogens is 211 g/mol. The van der Waals surface area contributed by atoms with E-state index in [4.69, 9.17) is 4.74 Å². The fourth-order valence-corrected chi connectivity index (χ4v) is 1.13. The van der Waals surface area contributed by atoms with Crippen LogP contribution >= 0.6 is 0 Å². The van der Waals surface area contributed by atoms with Gasteiger partial charge in [0.25, 0.3) is 0 Å². The van der Waals surface area contributed by atoms with Crippen molar-refractivity contribution in [1.29, 1.82) is 0 Å². The van der Waals surface area contributed by atoms with E-state index in [9.17, 15) is 5.11 Å². The van der Waals surface area contributed by atoms with E-state index >= 15 is 0 Å². The summed E-state index contributed by atoms with van der Waals surface area (Å²) in [6.07, 6.45) is 0. The zero-order valence-corrected chi connectivity index (χ0v) is 10.5. The second-order valence-electron chi connectivity index (χ2n) is 2.89. The van der Waals surface area contributed by atoms with Crippen molar-refractivity contribution in [2.75, 3.05) is 0 Å². The predicted molar refractivity (Wildman–Crippen MR) is 59.1 cm³/mol. The largest absolute Gasteiger partial charge is 1.00 e. The van der Waals surface area contributed by atoms with Crippen LogP contribution in [0.5, 0.6) is 17.2 Å². The number of para-hydroxylation sites is 1. The minimum Gasteiger partial charge on any atom is -0.872 e. The Hall–Kier alpha value is -0.960. The van der Waals surface area contributed by atoms with Gasteiger partial charge >= 0.3 is 29.6 Å². The molecule has 0 saturated carbocycles. The molecule has 0 N–H and O–H groups in total. The van der Waals surface area contributed by atoms with Crippen LogP contribution in [0.15, 0.2) is 54.6 Å². The van der Waals surface area contributed by atoms with Gasteiger partial charge in [-0.2, -0.15) is 0 Å². The van der Waals surface area contributed by atoms with Crippen molar-refractivity contribution < 1.29 is 39.4 Å². The average molecular weight is 224 g/mol. The third-order valence-electron chi connectivity index (χ3n) is 1.80. The summed E-state index contributed by atoms with van der Waals surface area (Å²) in [4.78, 5) is 0. The molecule has 0 amide bonds. The number of hydrogen-bond donors (Lipinski definition) is 0. The average Bonchev–Trinajstić information content (AvgIpc) is 2.23. The van der Waals surface area contributed by atoms with Gasteiger partial charge in [0, 0.05) is 0 Å². The predicted octanol–water partition coefficient (Wildman–Crippen LogP) is 0.193. The van der Waals surface area contributed by atoms with E-state index in [0.717, 1.165) is 5.75 Å². The summed E-state index contributed by atoms with van der Waals surface area (Å²) in [6.45, 7) is 0. The zero-order chi connectivity index (χ0) is 9.80. The van der Waals surface area contributed by atoms with Crippen LogP contribution in [-0.2, 0) is 0 Å². The molecule has 0 aliphatic carbocycles. The van der Waals surface area contributed by atoms with Crippen molar-refractivity contribution in [3.63, 3.8) is 0 Å². The first kappa shape index (κ1) is 15.0. The molecule has 2 rings (SSSR count). The second kappa shape index (κ2) is 7.34. The summed E-state index contributed by atoms with van der Waals surface area (Å²) in [5.74, 6) is 1.44. The van der Waals surface area contributed by atoms with Crippen molar-refractivity contribution in [3.8, 4) is 17.2 Å². The Morgan fingerprint density at radius 2 is 1.25 bits per heavy atom. The minimum atomic E-state index is -0.00888. The molecule has 0 aromatic heterocycles. The molecule has 0 unspecified atom stereocenters. The Morgan fingerprint density at radius 3 is 1.81 bits per heavy atom. The molecule has 2 aromatic carbocycles. The van der Waals surface area contributed by atoms with E-state index in [1.54, 1.807) is 12.1 Å². The monoisotopic (exact) mass is 224 g/mol. The van der Waals surface area contributed by atoms with Gasteiger partial charge in [-0.1, -0.05) is 37.8 Å². The fraction of sp³-hybridized carbons (Fsp3) is 0.0769. The molecule has 0 aliphatic heterocycles. The van der Waals surface area contributed by atoms with Gasteiger partial charge in [0.05, 0.1) is 0 Å². The Kier molecular flexibility index (Phi) is 6.90. The van der Waals surface area contributed by atoms with E-state index in [2.05, 4.69) is 0 Å². The van der Waals surface area contributed by atoms with Gasteiger partial charge in [-0.25, -0.2) is 0 Å². The van der Waals surface area contributed by atoms with Gasteiger partial charge in [0.2, 0.25) is 0 Å². The van der Waals surface area contributed by atoms with Gasteiger partial charge in [-0.3, -0.25) is 0 Å². The summed E-state index contributed by atoms with van der Waals surface area (Å²) in [6, 6.07) is 15.7. The van der Waals surface area contributed by atoms with E-state index in [0.29, 0.717) is 5.75 Å². The van der Waals surface area contributed by atoms with Gasteiger partial charge in [-0.15, -0.1) is 5.75 Å². The molecule has 0 atom stereocenters. The molecule has 0 radical (unpaired) electrons. The van der Waals surface area contributed by atoms with Crippen LogP contribution in [0, 0.1) is 0 Å². The molecule has 16 heavy (non-hydrogen) atoms. The Bertz CT molecular complexity index is 398. The SMILES string of the molecule is C.[Na+].[O-]c1ccc(Oc2ccccc2)cc1. The van der Waals surface area contributed by atoms with Gasteiger partial charge in [-0.05, 0) is 24.3 Å². The quantitative estimate of drug-likeness (QED) is 0.682. The van der Waals surface area contributed by atoms with E-state index in [-0.39, 0.29) is 42.7 Å². The van der Waals surface area contributed by atoms with Crippen LogP contribution in [-0.4, -0.2) is 0 Å². The molecule has 0 spiro atoms. The number of benzene rings is 2. The summed E-state index contributed by atoms with van der Waals surface area (Å²) >= 11 is 0. The van der Waals surface area contributed by atoms with Gasteiger partial charge < -0.3 is 9.84 Å². The van der Waals surface area contributed by atoms with Crippen molar-refractivity contribution >= 4 is 0 Å². The standard InChI is InChI=1S/C12H10O2.CH4.Na/c13-10-6-8-12(9-7-10)14-11-4-2-1-3-5-11;;/h1-9,13H;1H4;/q;;+1/p-1. The molecule has 0 bridgehead atoms. The molecule has 0 aliphatic rings. The first-order valence-corrected chi connectivity index (χ1v) is 4.34.